The fourth-order valence-electron chi connectivity index (χ4n) is 3.34. The van der Waals surface area contributed by atoms with Crippen LogP contribution in [0.2, 0.25) is 5.02 Å². The first-order valence-corrected chi connectivity index (χ1v) is 10.4. The zero-order valence-corrected chi connectivity index (χ0v) is 16.5. The molecule has 1 atom stereocenters. The summed E-state index contributed by atoms with van der Waals surface area (Å²) in [5.74, 6) is 0.502. The van der Waals surface area contributed by atoms with Gasteiger partial charge in [0.05, 0.1) is 5.02 Å². The molecule has 1 aliphatic rings. The molecule has 1 N–H and O–H groups in total. The van der Waals surface area contributed by atoms with Crippen LogP contribution in [0.3, 0.4) is 0 Å². The van der Waals surface area contributed by atoms with Gasteiger partial charge in [-0.1, -0.05) is 36.7 Å². The maximum atomic E-state index is 12.3. The number of thioether (sulfide) groups is 1. The number of pyridine rings is 1. The molecular weight excluding hydrogens is 366 g/mol. The number of ketones is 1. The lowest BCUT2D eigenvalue weighted by Crippen LogP contribution is -2.13. The minimum Gasteiger partial charge on any atom is -0.322 e. The van der Waals surface area contributed by atoms with E-state index in [1.807, 2.05) is 43.5 Å². The van der Waals surface area contributed by atoms with Gasteiger partial charge in [-0.15, -0.1) is 11.8 Å². The topological polar surface area (TPSA) is 49.9 Å². The van der Waals surface area contributed by atoms with Crippen LogP contribution in [0.5, 0.6) is 0 Å². The first-order chi connectivity index (χ1) is 12.5. The van der Waals surface area contributed by atoms with E-state index in [4.69, 9.17) is 11.6 Å². The fraction of sp³-hybridized carbons (Fsp3) is 0.333. The Morgan fingerprint density at radius 3 is 2.69 bits per heavy atom. The molecular formula is C21H22ClNO2S. The average Bonchev–Trinajstić information content (AvgIpc) is 3.04. The Hall–Kier alpha value is -1.78. The zero-order chi connectivity index (χ0) is 18.7. The standard InChI is InChI=1S/C21H22ClNO2S/c1-3-14-5-8-19(23-21(14)25)17(11-13-4-7-16(24)10-13)15-6-9-20(26-2)18(22)12-15/h5-6,8-9,11-13H,3-4,7,10H2,1-2H3,(H,23,25)/t13-/m0/s1. The van der Waals surface area contributed by atoms with Crippen molar-refractivity contribution in [2.45, 2.75) is 37.5 Å². The highest BCUT2D eigenvalue weighted by molar-refractivity contribution is 7.98. The van der Waals surface area contributed by atoms with Crippen LogP contribution in [0.25, 0.3) is 5.57 Å². The summed E-state index contributed by atoms with van der Waals surface area (Å²) >= 11 is 8.00. The molecule has 26 heavy (non-hydrogen) atoms. The van der Waals surface area contributed by atoms with E-state index in [1.54, 1.807) is 11.8 Å². The number of rotatable bonds is 5. The Bertz CT molecular complexity index is 916. The number of aromatic amines is 1. The maximum absolute atomic E-state index is 12.3. The summed E-state index contributed by atoms with van der Waals surface area (Å²) in [6, 6.07) is 9.77. The molecule has 5 heteroatoms. The Kier molecular flexibility index (Phi) is 6.05. The number of hydrogen-bond acceptors (Lipinski definition) is 3. The van der Waals surface area contributed by atoms with Gasteiger partial charge in [0.25, 0.3) is 5.56 Å². The van der Waals surface area contributed by atoms with Crippen LogP contribution in [-0.4, -0.2) is 17.0 Å². The van der Waals surface area contributed by atoms with E-state index in [1.165, 1.54) is 0 Å². The number of benzene rings is 1. The van der Waals surface area contributed by atoms with E-state index in [9.17, 15) is 9.59 Å². The van der Waals surface area contributed by atoms with E-state index in [0.29, 0.717) is 30.1 Å². The third kappa shape index (κ3) is 4.13. The Morgan fingerprint density at radius 1 is 1.31 bits per heavy atom. The molecule has 0 amide bonds. The quantitative estimate of drug-likeness (QED) is 0.725. The highest BCUT2D eigenvalue weighted by Gasteiger charge is 2.22. The molecule has 1 aromatic heterocycles. The van der Waals surface area contributed by atoms with Crippen LogP contribution in [0, 0.1) is 5.92 Å². The summed E-state index contributed by atoms with van der Waals surface area (Å²) in [6.07, 6.45) is 6.86. The molecule has 0 bridgehead atoms. The van der Waals surface area contributed by atoms with Crippen LogP contribution < -0.4 is 5.56 Å². The Balaban J connectivity index is 2.09. The second kappa shape index (κ2) is 8.28. The monoisotopic (exact) mass is 387 g/mol. The lowest BCUT2D eigenvalue weighted by Gasteiger charge is -2.13. The molecule has 1 fully saturated rings. The van der Waals surface area contributed by atoms with Gasteiger partial charge in [0, 0.05) is 34.6 Å². The van der Waals surface area contributed by atoms with E-state index >= 15 is 0 Å². The van der Waals surface area contributed by atoms with Crippen LogP contribution in [-0.2, 0) is 11.2 Å². The van der Waals surface area contributed by atoms with E-state index in [-0.39, 0.29) is 11.5 Å². The van der Waals surface area contributed by atoms with E-state index in [2.05, 4.69) is 11.1 Å². The minimum atomic E-state index is -0.0646. The van der Waals surface area contributed by atoms with E-state index in [0.717, 1.165) is 33.7 Å². The van der Waals surface area contributed by atoms with Crippen molar-refractivity contribution in [1.29, 1.82) is 0 Å². The van der Waals surface area contributed by atoms with Gasteiger partial charge in [-0.2, -0.15) is 0 Å². The molecule has 0 aliphatic heterocycles. The van der Waals surface area contributed by atoms with E-state index < -0.39 is 0 Å². The molecule has 0 radical (unpaired) electrons. The van der Waals surface area contributed by atoms with Crippen LogP contribution in [0.1, 0.15) is 43.0 Å². The smallest absolute Gasteiger partial charge is 0.251 e. The van der Waals surface area contributed by atoms with Crippen molar-refractivity contribution in [3.63, 3.8) is 0 Å². The molecule has 2 aromatic rings. The first-order valence-electron chi connectivity index (χ1n) is 8.81. The fourth-order valence-corrected chi connectivity index (χ4v) is 4.21. The lowest BCUT2D eigenvalue weighted by molar-refractivity contribution is -0.117. The van der Waals surface area contributed by atoms with Crippen molar-refractivity contribution >= 4 is 34.7 Å². The van der Waals surface area contributed by atoms with Crippen LogP contribution in [0.4, 0.5) is 0 Å². The summed E-state index contributed by atoms with van der Waals surface area (Å²) in [7, 11) is 0. The van der Waals surface area contributed by atoms with Crippen molar-refractivity contribution < 1.29 is 4.79 Å². The molecule has 136 valence electrons. The molecule has 1 saturated carbocycles. The Morgan fingerprint density at radius 2 is 2.12 bits per heavy atom. The molecule has 1 aromatic carbocycles. The predicted octanol–water partition coefficient (Wildman–Crippen LogP) is 5.11. The van der Waals surface area contributed by atoms with Gasteiger partial charge in [0.1, 0.15) is 5.78 Å². The van der Waals surface area contributed by atoms with Gasteiger partial charge >= 0.3 is 0 Å². The average molecular weight is 388 g/mol. The zero-order valence-electron chi connectivity index (χ0n) is 15.0. The van der Waals surface area contributed by atoms with Crippen molar-refractivity contribution in [3.05, 3.63) is 68.6 Å². The number of allylic oxidation sites excluding steroid dienone is 1. The van der Waals surface area contributed by atoms with Gasteiger partial charge in [0.15, 0.2) is 0 Å². The first kappa shape index (κ1) is 19.0. The van der Waals surface area contributed by atoms with Gasteiger partial charge in [-0.05, 0) is 48.8 Å². The molecule has 0 spiro atoms. The predicted molar refractivity (Wildman–Crippen MR) is 109 cm³/mol. The molecule has 3 rings (SSSR count). The number of nitrogens with one attached hydrogen (secondary N) is 1. The van der Waals surface area contributed by atoms with Crippen LogP contribution >= 0.6 is 23.4 Å². The normalized spacial score (nSPS) is 17.7. The van der Waals surface area contributed by atoms with Crippen molar-refractivity contribution in [3.8, 4) is 0 Å². The molecule has 0 unspecified atom stereocenters. The number of hydrogen-bond donors (Lipinski definition) is 1. The van der Waals surface area contributed by atoms with Crippen molar-refractivity contribution in [2.24, 2.45) is 5.92 Å². The van der Waals surface area contributed by atoms with Gasteiger partial charge in [-0.3, -0.25) is 9.59 Å². The number of carbonyl (C=O) groups excluding carboxylic acids is 1. The number of carbonyl (C=O) groups is 1. The van der Waals surface area contributed by atoms with Crippen molar-refractivity contribution in [2.75, 3.05) is 6.26 Å². The summed E-state index contributed by atoms with van der Waals surface area (Å²) in [5.41, 5.74) is 3.34. The van der Waals surface area contributed by atoms with Gasteiger partial charge < -0.3 is 4.98 Å². The SMILES string of the molecule is CCc1ccc(C(=C[C@H]2CCC(=O)C2)c2ccc(SC)c(Cl)c2)[nH]c1=O. The largest absolute Gasteiger partial charge is 0.322 e. The number of aryl methyl sites for hydroxylation is 1. The molecule has 1 aliphatic carbocycles. The summed E-state index contributed by atoms with van der Waals surface area (Å²) in [4.78, 5) is 28.0. The van der Waals surface area contributed by atoms with Crippen molar-refractivity contribution in [1.82, 2.24) is 4.98 Å². The number of halogens is 1. The summed E-state index contributed by atoms with van der Waals surface area (Å²) in [5, 5.41) is 0.691. The minimum absolute atomic E-state index is 0.0646. The van der Waals surface area contributed by atoms with Crippen LogP contribution in [0.15, 0.2) is 46.1 Å². The van der Waals surface area contributed by atoms with Gasteiger partial charge in [0.2, 0.25) is 0 Å². The second-order valence-electron chi connectivity index (χ2n) is 6.55. The third-order valence-electron chi connectivity index (χ3n) is 4.81. The molecule has 1 heterocycles. The number of H-pyrrole nitrogens is 1. The highest BCUT2D eigenvalue weighted by Crippen LogP contribution is 2.33. The molecule has 0 saturated heterocycles. The summed E-state index contributed by atoms with van der Waals surface area (Å²) in [6.45, 7) is 1.96. The Labute approximate surface area is 162 Å². The maximum Gasteiger partial charge on any atom is 0.251 e. The summed E-state index contributed by atoms with van der Waals surface area (Å²) < 4.78 is 0. The highest BCUT2D eigenvalue weighted by atomic mass is 35.5. The second-order valence-corrected chi connectivity index (χ2v) is 7.81. The lowest BCUT2D eigenvalue weighted by atomic mass is 9.95. The molecule has 3 nitrogen and oxygen atoms in total. The third-order valence-corrected chi connectivity index (χ3v) is 6.03. The van der Waals surface area contributed by atoms with Gasteiger partial charge in [-0.25, -0.2) is 0 Å². The number of aromatic nitrogens is 1. The number of Topliss-reactive ketones (excluding diaryl/α,β-unsaturated/α-hetero) is 1.